The Labute approximate surface area is 133 Å². The van der Waals surface area contributed by atoms with Gasteiger partial charge in [-0.15, -0.1) is 11.3 Å². The molecule has 0 aliphatic carbocycles. The highest BCUT2D eigenvalue weighted by atomic mass is 32.1. The monoisotopic (exact) mass is 321 g/mol. The van der Waals surface area contributed by atoms with Gasteiger partial charge in [-0.1, -0.05) is 11.2 Å². The fourth-order valence-electron chi connectivity index (χ4n) is 2.79. The van der Waals surface area contributed by atoms with Gasteiger partial charge in [0.1, 0.15) is 12.1 Å². The van der Waals surface area contributed by atoms with E-state index in [1.54, 1.807) is 11.0 Å². The number of amidine groups is 1. The van der Waals surface area contributed by atoms with Crippen molar-refractivity contribution in [1.82, 2.24) is 10.2 Å². The Kier molecular flexibility index (Phi) is 4.42. The average molecular weight is 321 g/mol. The summed E-state index contributed by atoms with van der Waals surface area (Å²) < 4.78 is 0. The van der Waals surface area contributed by atoms with E-state index in [-0.39, 0.29) is 17.9 Å². The predicted octanol–water partition coefficient (Wildman–Crippen LogP) is 1.98. The summed E-state index contributed by atoms with van der Waals surface area (Å²) in [6.45, 7) is 2.52. The number of thiophene rings is 1. The molecule has 0 saturated carbocycles. The maximum absolute atomic E-state index is 12.6. The molecule has 1 saturated heterocycles. The lowest BCUT2D eigenvalue weighted by molar-refractivity contribution is -0.125. The number of piperidine rings is 1. The molecule has 0 aromatic carbocycles. The summed E-state index contributed by atoms with van der Waals surface area (Å²) in [6, 6.07) is 3.22. The van der Waals surface area contributed by atoms with E-state index >= 15 is 0 Å². The van der Waals surface area contributed by atoms with Crippen LogP contribution in [0.4, 0.5) is 0 Å². The summed E-state index contributed by atoms with van der Waals surface area (Å²) in [5.41, 5.74) is 0. The van der Waals surface area contributed by atoms with Gasteiger partial charge in [0.15, 0.2) is 5.84 Å². The van der Waals surface area contributed by atoms with Crippen LogP contribution >= 0.6 is 11.3 Å². The molecule has 6 nitrogen and oxygen atoms in total. The van der Waals surface area contributed by atoms with Gasteiger partial charge in [0.2, 0.25) is 5.91 Å². The first kappa shape index (κ1) is 15.0. The molecule has 1 N–H and O–H groups in total. The first-order valence-corrected chi connectivity index (χ1v) is 8.41. The summed E-state index contributed by atoms with van der Waals surface area (Å²) in [6.07, 6.45) is 3.16. The molecule has 118 valence electrons. The highest BCUT2D eigenvalue weighted by Crippen LogP contribution is 2.22. The molecule has 2 atom stereocenters. The van der Waals surface area contributed by atoms with Crippen LogP contribution in [0.15, 0.2) is 22.7 Å². The zero-order valence-electron chi connectivity index (χ0n) is 12.4. The summed E-state index contributed by atoms with van der Waals surface area (Å²) in [4.78, 5) is 32.5. The molecule has 2 aliphatic heterocycles. The van der Waals surface area contributed by atoms with Crippen molar-refractivity contribution in [1.29, 1.82) is 0 Å². The van der Waals surface area contributed by atoms with Gasteiger partial charge in [0.25, 0.3) is 5.91 Å². The van der Waals surface area contributed by atoms with Crippen LogP contribution in [-0.2, 0) is 9.63 Å². The van der Waals surface area contributed by atoms with Gasteiger partial charge in [-0.25, -0.2) is 0 Å². The van der Waals surface area contributed by atoms with Crippen LogP contribution < -0.4 is 5.32 Å². The second-order valence-electron chi connectivity index (χ2n) is 5.63. The number of likely N-dealkylation sites (tertiary alicyclic amines) is 1. The van der Waals surface area contributed by atoms with Crippen LogP contribution in [0.1, 0.15) is 42.3 Å². The van der Waals surface area contributed by atoms with Gasteiger partial charge >= 0.3 is 0 Å². The molecule has 1 aromatic rings. The first-order chi connectivity index (χ1) is 10.6. The minimum atomic E-state index is -0.429. The Morgan fingerprint density at radius 3 is 3.00 bits per heavy atom. The molecule has 0 unspecified atom stereocenters. The SMILES string of the molecule is C[C@H]1CC(NC(=O)[C@@H]2CCCCN2C(=O)c2cccs2)=NO1. The maximum atomic E-state index is 12.6. The van der Waals surface area contributed by atoms with E-state index in [2.05, 4.69) is 10.5 Å². The van der Waals surface area contributed by atoms with E-state index in [1.807, 2.05) is 18.4 Å². The Morgan fingerprint density at radius 1 is 1.45 bits per heavy atom. The smallest absolute Gasteiger partial charge is 0.264 e. The van der Waals surface area contributed by atoms with Crippen molar-refractivity contribution < 1.29 is 14.4 Å². The number of nitrogens with zero attached hydrogens (tertiary/aromatic N) is 2. The molecular formula is C15H19N3O3S. The first-order valence-electron chi connectivity index (χ1n) is 7.53. The summed E-state index contributed by atoms with van der Waals surface area (Å²) >= 11 is 1.40. The molecule has 0 radical (unpaired) electrons. The van der Waals surface area contributed by atoms with Gasteiger partial charge in [-0.3, -0.25) is 9.59 Å². The number of oxime groups is 1. The van der Waals surface area contributed by atoms with Crippen LogP contribution in [0, 0.1) is 0 Å². The summed E-state index contributed by atoms with van der Waals surface area (Å²) in [7, 11) is 0. The third-order valence-electron chi connectivity index (χ3n) is 3.89. The Bertz CT molecular complexity index is 585. The molecule has 0 spiro atoms. The third-order valence-corrected chi connectivity index (χ3v) is 4.75. The lowest BCUT2D eigenvalue weighted by Gasteiger charge is -2.34. The van der Waals surface area contributed by atoms with Gasteiger partial charge in [0.05, 0.1) is 4.88 Å². The zero-order valence-corrected chi connectivity index (χ0v) is 13.3. The van der Waals surface area contributed by atoms with E-state index < -0.39 is 6.04 Å². The minimum Gasteiger partial charge on any atom is -0.391 e. The maximum Gasteiger partial charge on any atom is 0.264 e. The Morgan fingerprint density at radius 2 is 2.32 bits per heavy atom. The van der Waals surface area contributed by atoms with Crippen LogP contribution in [0.5, 0.6) is 0 Å². The van der Waals surface area contributed by atoms with Gasteiger partial charge in [-0.2, -0.15) is 0 Å². The summed E-state index contributed by atoms with van der Waals surface area (Å²) in [5.74, 6) is 0.320. The molecular weight excluding hydrogens is 302 g/mol. The number of rotatable bonds is 2. The van der Waals surface area contributed by atoms with Gasteiger partial charge in [-0.05, 0) is 37.6 Å². The molecule has 3 heterocycles. The molecule has 2 aliphatic rings. The number of carbonyl (C=O) groups excluding carboxylic acids is 2. The number of hydrogen-bond acceptors (Lipinski definition) is 5. The standard InChI is InChI=1S/C15H19N3O3S/c1-10-9-13(17-21-10)16-14(19)11-5-2-3-7-18(11)15(20)12-6-4-8-22-12/h4,6,8,10-11H,2-3,5,7,9H2,1H3,(H,16,17,19)/t10-,11-/m0/s1. The van der Waals surface area contributed by atoms with E-state index in [4.69, 9.17) is 4.84 Å². The predicted molar refractivity (Wildman–Crippen MR) is 83.7 cm³/mol. The van der Waals surface area contributed by atoms with Crippen molar-refractivity contribution >= 4 is 29.0 Å². The number of amides is 2. The fraction of sp³-hybridized carbons (Fsp3) is 0.533. The number of nitrogens with one attached hydrogen (secondary N) is 1. The number of hydrogen-bond donors (Lipinski definition) is 1. The quantitative estimate of drug-likeness (QED) is 0.905. The lowest BCUT2D eigenvalue weighted by Crippen LogP contribution is -2.52. The largest absolute Gasteiger partial charge is 0.391 e. The highest BCUT2D eigenvalue weighted by molar-refractivity contribution is 7.12. The fourth-order valence-corrected chi connectivity index (χ4v) is 3.47. The summed E-state index contributed by atoms with van der Waals surface area (Å²) in [5, 5.41) is 8.53. The molecule has 2 amide bonds. The average Bonchev–Trinajstić information content (AvgIpc) is 3.18. The minimum absolute atomic E-state index is 0.00879. The van der Waals surface area contributed by atoms with Crippen LogP contribution in [0.2, 0.25) is 0 Å². The third kappa shape index (κ3) is 3.14. The molecule has 7 heteroatoms. The zero-order chi connectivity index (χ0) is 15.5. The van der Waals surface area contributed by atoms with E-state index in [0.29, 0.717) is 30.1 Å². The Balaban J connectivity index is 1.69. The van der Waals surface area contributed by atoms with Crippen molar-refractivity contribution in [2.45, 2.75) is 44.8 Å². The normalized spacial score (nSPS) is 24.6. The van der Waals surface area contributed by atoms with Crippen molar-refractivity contribution in [3.63, 3.8) is 0 Å². The van der Waals surface area contributed by atoms with E-state index in [0.717, 1.165) is 12.8 Å². The topological polar surface area (TPSA) is 71.0 Å². The van der Waals surface area contributed by atoms with Crippen molar-refractivity contribution in [2.24, 2.45) is 5.16 Å². The Hall–Kier alpha value is -1.89. The second kappa shape index (κ2) is 6.48. The molecule has 3 rings (SSSR count). The van der Waals surface area contributed by atoms with Gasteiger partial charge in [0, 0.05) is 13.0 Å². The molecule has 22 heavy (non-hydrogen) atoms. The number of carbonyl (C=O) groups is 2. The molecule has 1 fully saturated rings. The second-order valence-corrected chi connectivity index (χ2v) is 6.58. The van der Waals surface area contributed by atoms with E-state index in [9.17, 15) is 9.59 Å². The molecule has 1 aromatic heterocycles. The van der Waals surface area contributed by atoms with Crippen molar-refractivity contribution in [3.05, 3.63) is 22.4 Å². The van der Waals surface area contributed by atoms with Crippen LogP contribution in [-0.4, -0.2) is 41.2 Å². The van der Waals surface area contributed by atoms with Crippen LogP contribution in [0.25, 0.3) is 0 Å². The van der Waals surface area contributed by atoms with Crippen LogP contribution in [0.3, 0.4) is 0 Å². The van der Waals surface area contributed by atoms with Crippen molar-refractivity contribution in [2.75, 3.05) is 6.54 Å². The highest BCUT2D eigenvalue weighted by Gasteiger charge is 2.34. The molecule has 0 bridgehead atoms. The van der Waals surface area contributed by atoms with E-state index in [1.165, 1.54) is 11.3 Å². The van der Waals surface area contributed by atoms with Gasteiger partial charge < -0.3 is 15.1 Å². The lowest BCUT2D eigenvalue weighted by atomic mass is 10.0. The van der Waals surface area contributed by atoms with Crippen molar-refractivity contribution in [3.8, 4) is 0 Å².